The lowest BCUT2D eigenvalue weighted by Gasteiger charge is -2.17. The summed E-state index contributed by atoms with van der Waals surface area (Å²) in [6, 6.07) is 16.2. The number of carbonyl (C=O) groups excluding carboxylic acids is 1. The third-order valence-electron chi connectivity index (χ3n) is 3.31. The van der Waals surface area contributed by atoms with E-state index in [1.54, 1.807) is 6.08 Å². The number of carbonyl (C=O) groups is 1. The van der Waals surface area contributed by atoms with Gasteiger partial charge in [-0.05, 0) is 47.4 Å². The molecule has 0 aliphatic heterocycles. The van der Waals surface area contributed by atoms with Crippen molar-refractivity contribution in [3.8, 4) is 0 Å². The molecule has 0 fully saturated rings. The van der Waals surface area contributed by atoms with Crippen LogP contribution in [0.2, 0.25) is 0 Å². The molecule has 0 aliphatic rings. The second-order valence-electron chi connectivity index (χ2n) is 4.98. The van der Waals surface area contributed by atoms with Crippen molar-refractivity contribution in [2.45, 2.75) is 6.92 Å². The SMILES string of the molecule is Cc1cc(C(=CC=O)c2ccccc2)ccc1N(C)C. The summed E-state index contributed by atoms with van der Waals surface area (Å²) in [7, 11) is 4.06. The molecule has 102 valence electrons. The average Bonchev–Trinajstić information content (AvgIpc) is 2.45. The lowest BCUT2D eigenvalue weighted by atomic mass is 9.96. The maximum atomic E-state index is 10.9. The van der Waals surface area contributed by atoms with Crippen LogP contribution in [0.15, 0.2) is 54.6 Å². The fourth-order valence-electron chi connectivity index (χ4n) is 2.37. The molecule has 2 heteroatoms. The molecule has 0 atom stereocenters. The van der Waals surface area contributed by atoms with E-state index in [-0.39, 0.29) is 0 Å². The van der Waals surface area contributed by atoms with Gasteiger partial charge in [0, 0.05) is 19.8 Å². The summed E-state index contributed by atoms with van der Waals surface area (Å²) in [4.78, 5) is 13.0. The van der Waals surface area contributed by atoms with Crippen LogP contribution in [0.5, 0.6) is 0 Å². The third kappa shape index (κ3) is 2.97. The van der Waals surface area contributed by atoms with Crippen LogP contribution in [0.1, 0.15) is 16.7 Å². The summed E-state index contributed by atoms with van der Waals surface area (Å²) in [5.74, 6) is 0. The highest BCUT2D eigenvalue weighted by Crippen LogP contribution is 2.27. The molecular weight excluding hydrogens is 246 g/mol. The molecule has 20 heavy (non-hydrogen) atoms. The van der Waals surface area contributed by atoms with Gasteiger partial charge in [-0.3, -0.25) is 4.79 Å². The predicted octanol–water partition coefficient (Wildman–Crippen LogP) is 3.69. The molecule has 2 aromatic carbocycles. The molecular formula is C18H19NO. The van der Waals surface area contributed by atoms with E-state index in [4.69, 9.17) is 0 Å². The standard InChI is InChI=1S/C18H19NO/c1-14-13-16(9-10-18(14)19(2)3)17(11-12-20)15-7-5-4-6-8-15/h4-13H,1-3H3. The van der Waals surface area contributed by atoms with Gasteiger partial charge in [-0.15, -0.1) is 0 Å². The van der Waals surface area contributed by atoms with Gasteiger partial charge in [-0.2, -0.15) is 0 Å². The number of hydrogen-bond donors (Lipinski definition) is 0. The Morgan fingerprint density at radius 1 is 1.00 bits per heavy atom. The van der Waals surface area contributed by atoms with Crippen molar-refractivity contribution in [1.82, 2.24) is 0 Å². The van der Waals surface area contributed by atoms with Crippen molar-refractivity contribution in [3.63, 3.8) is 0 Å². The van der Waals surface area contributed by atoms with E-state index in [2.05, 4.69) is 30.0 Å². The minimum Gasteiger partial charge on any atom is -0.377 e. The van der Waals surface area contributed by atoms with E-state index >= 15 is 0 Å². The van der Waals surface area contributed by atoms with Crippen LogP contribution >= 0.6 is 0 Å². The van der Waals surface area contributed by atoms with Gasteiger partial charge in [0.1, 0.15) is 6.29 Å². The Morgan fingerprint density at radius 2 is 1.70 bits per heavy atom. The normalized spacial score (nSPS) is 11.2. The Kier molecular flexibility index (Phi) is 4.36. The molecule has 0 aliphatic carbocycles. The highest BCUT2D eigenvalue weighted by Gasteiger charge is 2.07. The topological polar surface area (TPSA) is 20.3 Å². The smallest absolute Gasteiger partial charge is 0.143 e. The Bertz CT molecular complexity index is 627. The molecule has 2 aromatic rings. The van der Waals surface area contributed by atoms with E-state index in [0.29, 0.717) is 0 Å². The molecule has 0 saturated carbocycles. The number of anilines is 1. The van der Waals surface area contributed by atoms with Gasteiger partial charge in [0.2, 0.25) is 0 Å². The third-order valence-corrected chi connectivity index (χ3v) is 3.31. The van der Waals surface area contributed by atoms with Crippen LogP contribution in [0, 0.1) is 6.92 Å². The van der Waals surface area contributed by atoms with Gasteiger partial charge < -0.3 is 4.90 Å². The predicted molar refractivity (Wildman–Crippen MR) is 85.1 cm³/mol. The lowest BCUT2D eigenvalue weighted by Crippen LogP contribution is -2.10. The Labute approximate surface area is 120 Å². The van der Waals surface area contributed by atoms with Crippen LogP contribution < -0.4 is 4.90 Å². The summed E-state index contributed by atoms with van der Waals surface area (Å²) in [5, 5.41) is 0. The summed E-state index contributed by atoms with van der Waals surface area (Å²) < 4.78 is 0. The number of aryl methyl sites for hydroxylation is 1. The molecule has 0 bridgehead atoms. The van der Waals surface area contributed by atoms with E-state index in [1.807, 2.05) is 44.4 Å². The molecule has 2 nitrogen and oxygen atoms in total. The van der Waals surface area contributed by atoms with Crippen molar-refractivity contribution in [1.29, 1.82) is 0 Å². The van der Waals surface area contributed by atoms with Crippen molar-refractivity contribution in [3.05, 3.63) is 71.3 Å². The van der Waals surface area contributed by atoms with Crippen LogP contribution in [-0.2, 0) is 4.79 Å². The number of nitrogens with zero attached hydrogens (tertiary/aromatic N) is 1. The van der Waals surface area contributed by atoms with E-state index in [9.17, 15) is 4.79 Å². The van der Waals surface area contributed by atoms with E-state index in [0.717, 1.165) is 23.0 Å². The highest BCUT2D eigenvalue weighted by molar-refractivity contribution is 5.90. The summed E-state index contributed by atoms with van der Waals surface area (Å²) in [5.41, 5.74) is 5.45. The second kappa shape index (κ2) is 6.20. The second-order valence-corrected chi connectivity index (χ2v) is 4.98. The zero-order chi connectivity index (χ0) is 14.5. The first-order valence-electron chi connectivity index (χ1n) is 6.62. The van der Waals surface area contributed by atoms with Crippen LogP contribution in [0.3, 0.4) is 0 Å². The maximum Gasteiger partial charge on any atom is 0.143 e. The van der Waals surface area contributed by atoms with Gasteiger partial charge in [-0.1, -0.05) is 36.4 Å². The monoisotopic (exact) mass is 265 g/mol. The van der Waals surface area contributed by atoms with Crippen LogP contribution in [-0.4, -0.2) is 20.4 Å². The van der Waals surface area contributed by atoms with Crippen LogP contribution in [0.25, 0.3) is 5.57 Å². The van der Waals surface area contributed by atoms with Gasteiger partial charge >= 0.3 is 0 Å². The van der Waals surface area contributed by atoms with Crippen molar-refractivity contribution in [2.75, 3.05) is 19.0 Å². The molecule has 0 unspecified atom stereocenters. The Morgan fingerprint density at radius 3 is 2.25 bits per heavy atom. The first-order valence-corrected chi connectivity index (χ1v) is 6.62. The largest absolute Gasteiger partial charge is 0.377 e. The lowest BCUT2D eigenvalue weighted by molar-refractivity contribution is -0.104. The average molecular weight is 265 g/mol. The molecule has 0 aromatic heterocycles. The fraction of sp³-hybridized carbons (Fsp3) is 0.167. The maximum absolute atomic E-state index is 10.9. The van der Waals surface area contributed by atoms with Crippen molar-refractivity contribution >= 4 is 17.5 Å². The molecule has 0 radical (unpaired) electrons. The van der Waals surface area contributed by atoms with Gasteiger partial charge in [0.15, 0.2) is 0 Å². The Hall–Kier alpha value is -2.35. The van der Waals surface area contributed by atoms with Crippen LogP contribution in [0.4, 0.5) is 5.69 Å². The van der Waals surface area contributed by atoms with Gasteiger partial charge in [-0.25, -0.2) is 0 Å². The molecule has 0 amide bonds. The fourth-order valence-corrected chi connectivity index (χ4v) is 2.37. The number of hydrogen-bond acceptors (Lipinski definition) is 2. The minimum atomic E-state index is 0.845. The number of benzene rings is 2. The zero-order valence-corrected chi connectivity index (χ0v) is 12.1. The quantitative estimate of drug-likeness (QED) is 0.620. The number of allylic oxidation sites excluding steroid dienone is 1. The van der Waals surface area contributed by atoms with E-state index in [1.165, 1.54) is 11.3 Å². The molecule has 0 saturated heterocycles. The number of rotatable bonds is 4. The Balaban J connectivity index is 2.49. The zero-order valence-electron chi connectivity index (χ0n) is 12.1. The minimum absolute atomic E-state index is 0.845. The van der Waals surface area contributed by atoms with Gasteiger partial charge in [0.05, 0.1) is 0 Å². The molecule has 0 spiro atoms. The van der Waals surface area contributed by atoms with Crippen molar-refractivity contribution < 1.29 is 4.79 Å². The van der Waals surface area contributed by atoms with Gasteiger partial charge in [0.25, 0.3) is 0 Å². The summed E-state index contributed by atoms with van der Waals surface area (Å²) >= 11 is 0. The summed E-state index contributed by atoms with van der Waals surface area (Å²) in [6.45, 7) is 2.09. The van der Waals surface area contributed by atoms with Crippen molar-refractivity contribution in [2.24, 2.45) is 0 Å². The molecule has 2 rings (SSSR count). The van der Waals surface area contributed by atoms with E-state index < -0.39 is 0 Å². The highest BCUT2D eigenvalue weighted by atomic mass is 16.1. The molecule has 0 N–H and O–H groups in total. The first kappa shape index (κ1) is 14.1. The summed E-state index contributed by atoms with van der Waals surface area (Å²) in [6.07, 6.45) is 2.47. The number of aldehydes is 1. The molecule has 0 heterocycles. The first-order chi connectivity index (χ1) is 9.63.